The Balaban J connectivity index is 2.06. The molecule has 0 radical (unpaired) electrons. The van der Waals surface area contributed by atoms with E-state index in [9.17, 15) is 4.39 Å². The van der Waals surface area contributed by atoms with E-state index in [2.05, 4.69) is 15.0 Å². The van der Waals surface area contributed by atoms with Gasteiger partial charge in [-0.1, -0.05) is 6.07 Å². The summed E-state index contributed by atoms with van der Waals surface area (Å²) in [6.45, 7) is 0. The van der Waals surface area contributed by atoms with Crippen molar-refractivity contribution >= 4 is 28.8 Å². The first-order valence-electron chi connectivity index (χ1n) is 5.63. The van der Waals surface area contributed by atoms with E-state index in [4.69, 9.17) is 12.2 Å². The first kappa shape index (κ1) is 11.8. The van der Waals surface area contributed by atoms with Gasteiger partial charge in [-0.2, -0.15) is 0 Å². The third-order valence-electron chi connectivity index (χ3n) is 2.66. The van der Waals surface area contributed by atoms with Crippen LogP contribution in [0.1, 0.15) is 11.3 Å². The number of rotatable bonds is 2. The number of nitrogens with zero attached hydrogens (tertiary/aromatic N) is 3. The molecule has 0 bridgehead atoms. The number of pyridine rings is 1. The topological polar surface area (TPSA) is 37.6 Å². The van der Waals surface area contributed by atoms with Crippen LogP contribution in [0.5, 0.6) is 0 Å². The van der Waals surface area contributed by atoms with Crippen LogP contribution in [0.25, 0.3) is 0 Å². The summed E-state index contributed by atoms with van der Waals surface area (Å²) in [5, 5.41) is 0.264. The third-order valence-corrected chi connectivity index (χ3v) is 2.85. The van der Waals surface area contributed by atoms with Crippen LogP contribution in [-0.4, -0.2) is 21.5 Å². The normalized spacial score (nSPS) is 14.3. The maximum Gasteiger partial charge on any atom is 0.220 e. The van der Waals surface area contributed by atoms with Gasteiger partial charge in [-0.15, -0.1) is 0 Å². The third kappa shape index (κ3) is 2.32. The second kappa shape index (κ2) is 4.78. The number of hydrogen-bond donors (Lipinski definition) is 0. The molecular weight excluding hydrogens is 261 g/mol. The van der Waals surface area contributed by atoms with Crippen molar-refractivity contribution in [3.05, 3.63) is 65.7 Å². The van der Waals surface area contributed by atoms with Crippen molar-refractivity contribution in [1.29, 1.82) is 0 Å². The van der Waals surface area contributed by atoms with Gasteiger partial charge in [0.25, 0.3) is 0 Å². The van der Waals surface area contributed by atoms with Crippen LogP contribution in [0, 0.1) is 5.82 Å². The highest BCUT2D eigenvalue weighted by atomic mass is 32.1. The fraction of sp³-hybridized carbons (Fsp3) is 0. The van der Waals surface area contributed by atoms with E-state index in [-0.39, 0.29) is 10.9 Å². The molecule has 0 saturated heterocycles. The van der Waals surface area contributed by atoms with E-state index >= 15 is 0 Å². The molecule has 1 aromatic carbocycles. The predicted octanol–water partition coefficient (Wildman–Crippen LogP) is 2.80. The monoisotopic (exact) mass is 269 g/mol. The van der Waals surface area contributed by atoms with Crippen LogP contribution < -0.4 is 0 Å². The van der Waals surface area contributed by atoms with Crippen LogP contribution in [0.2, 0.25) is 0 Å². The molecule has 2 aromatic rings. The fourth-order valence-corrected chi connectivity index (χ4v) is 2.00. The lowest BCUT2D eigenvalue weighted by atomic mass is 10.0. The zero-order chi connectivity index (χ0) is 13.2. The van der Waals surface area contributed by atoms with E-state index in [0.717, 1.165) is 5.56 Å². The van der Waals surface area contributed by atoms with Crippen LogP contribution >= 0.6 is 12.2 Å². The van der Waals surface area contributed by atoms with Gasteiger partial charge in [-0.05, 0) is 48.6 Å². The Labute approximate surface area is 114 Å². The molecule has 0 fully saturated rings. The van der Waals surface area contributed by atoms with Crippen LogP contribution in [0.3, 0.4) is 0 Å². The Bertz CT molecular complexity index is 690. The molecule has 1 aliphatic rings. The first-order chi connectivity index (χ1) is 9.24. The molecule has 0 N–H and O–H groups in total. The minimum Gasteiger partial charge on any atom is -0.255 e. The molecule has 1 aromatic heterocycles. The summed E-state index contributed by atoms with van der Waals surface area (Å²) in [4.78, 5) is 12.7. The van der Waals surface area contributed by atoms with Gasteiger partial charge in [0.2, 0.25) is 5.11 Å². The van der Waals surface area contributed by atoms with Crippen molar-refractivity contribution in [1.82, 2.24) is 4.98 Å². The summed E-state index contributed by atoms with van der Waals surface area (Å²) in [6, 6.07) is 11.6. The van der Waals surface area contributed by atoms with Crippen LogP contribution in [-0.2, 0) is 0 Å². The molecule has 3 rings (SSSR count). The van der Waals surface area contributed by atoms with E-state index in [0.29, 0.717) is 17.1 Å². The van der Waals surface area contributed by atoms with E-state index < -0.39 is 0 Å². The van der Waals surface area contributed by atoms with Crippen LogP contribution in [0.15, 0.2) is 58.6 Å². The molecule has 1 aliphatic heterocycles. The highest BCUT2D eigenvalue weighted by molar-refractivity contribution is 7.80. The summed E-state index contributed by atoms with van der Waals surface area (Å²) in [5.41, 5.74) is 2.72. The van der Waals surface area contributed by atoms with Crippen molar-refractivity contribution in [2.45, 2.75) is 0 Å². The lowest BCUT2D eigenvalue weighted by Gasteiger charge is -2.04. The lowest BCUT2D eigenvalue weighted by Crippen LogP contribution is -2.15. The molecule has 3 nitrogen and oxygen atoms in total. The summed E-state index contributed by atoms with van der Waals surface area (Å²) >= 11 is 5.02. The number of aromatic nitrogens is 1. The number of hydrogen-bond acceptors (Lipinski definition) is 2. The second-order valence-corrected chi connectivity index (χ2v) is 4.29. The van der Waals surface area contributed by atoms with Gasteiger partial charge in [0.05, 0.1) is 5.69 Å². The Kier molecular flexibility index (Phi) is 2.97. The molecule has 0 saturated carbocycles. The minimum absolute atomic E-state index is 0.264. The van der Waals surface area contributed by atoms with E-state index in [1.165, 1.54) is 12.1 Å². The molecule has 0 amide bonds. The molecule has 5 heteroatoms. The van der Waals surface area contributed by atoms with Crippen molar-refractivity contribution < 1.29 is 4.39 Å². The zero-order valence-corrected chi connectivity index (χ0v) is 10.6. The molecule has 92 valence electrons. The van der Waals surface area contributed by atoms with E-state index in [1.54, 1.807) is 18.3 Å². The quantitative estimate of drug-likeness (QED) is 0.786. The highest BCUT2D eigenvalue weighted by Gasteiger charge is 2.21. The van der Waals surface area contributed by atoms with Crippen LogP contribution in [0.4, 0.5) is 4.39 Å². The smallest absolute Gasteiger partial charge is 0.220 e. The Morgan fingerprint density at radius 3 is 2.32 bits per heavy atom. The average Bonchev–Trinajstić information content (AvgIpc) is 2.83. The SMILES string of the molecule is Fc1ccc(C2=NC(=S)N=C2c2ccccn2)cc1. The molecule has 19 heavy (non-hydrogen) atoms. The summed E-state index contributed by atoms with van der Waals surface area (Å²) in [6.07, 6.45) is 1.68. The standard InChI is InChI=1S/C14H8FN3S/c15-10-6-4-9(5-7-10)12-13(18-14(19)17-12)11-3-1-2-8-16-11/h1-8H. The molecule has 0 aliphatic carbocycles. The maximum absolute atomic E-state index is 13.0. The number of aliphatic imine (C=N–C) groups is 2. The van der Waals surface area contributed by atoms with Crippen molar-refractivity contribution in [3.8, 4) is 0 Å². The van der Waals surface area contributed by atoms with Gasteiger partial charge < -0.3 is 0 Å². The summed E-state index contributed by atoms with van der Waals surface area (Å²) < 4.78 is 13.0. The van der Waals surface area contributed by atoms with E-state index in [1.807, 2.05) is 18.2 Å². The van der Waals surface area contributed by atoms with Gasteiger partial charge in [-0.25, -0.2) is 14.4 Å². The summed E-state index contributed by atoms with van der Waals surface area (Å²) in [7, 11) is 0. The fourth-order valence-electron chi connectivity index (χ4n) is 1.81. The van der Waals surface area contributed by atoms with Crippen molar-refractivity contribution in [2.24, 2.45) is 9.98 Å². The number of thiocarbonyl (C=S) groups is 1. The lowest BCUT2D eigenvalue weighted by molar-refractivity contribution is 0.628. The van der Waals surface area contributed by atoms with Gasteiger partial charge in [-0.3, -0.25) is 4.98 Å². The summed E-state index contributed by atoms with van der Waals surface area (Å²) in [5.74, 6) is -0.291. The predicted molar refractivity (Wildman–Crippen MR) is 76.3 cm³/mol. The molecule has 0 unspecified atom stereocenters. The van der Waals surface area contributed by atoms with Gasteiger partial charge >= 0.3 is 0 Å². The zero-order valence-electron chi connectivity index (χ0n) is 9.75. The Hall–Kier alpha value is -2.27. The van der Waals surface area contributed by atoms with Gasteiger partial charge in [0, 0.05) is 11.8 Å². The second-order valence-electron chi connectivity index (χ2n) is 3.93. The molecule has 0 atom stereocenters. The van der Waals surface area contributed by atoms with Crippen molar-refractivity contribution in [2.75, 3.05) is 0 Å². The first-order valence-corrected chi connectivity index (χ1v) is 6.04. The van der Waals surface area contributed by atoms with Gasteiger partial charge in [0.1, 0.15) is 17.2 Å². The van der Waals surface area contributed by atoms with Gasteiger partial charge in [0.15, 0.2) is 0 Å². The molecule has 0 spiro atoms. The maximum atomic E-state index is 13.0. The number of halogens is 1. The van der Waals surface area contributed by atoms with Crippen molar-refractivity contribution in [3.63, 3.8) is 0 Å². The largest absolute Gasteiger partial charge is 0.255 e. The Morgan fingerprint density at radius 1 is 0.895 bits per heavy atom. The molecule has 2 heterocycles. The average molecular weight is 269 g/mol. The molecular formula is C14H8FN3S. The highest BCUT2D eigenvalue weighted by Crippen LogP contribution is 2.15. The minimum atomic E-state index is -0.291. The Morgan fingerprint density at radius 2 is 1.63 bits per heavy atom. The number of benzene rings is 1.